The van der Waals surface area contributed by atoms with E-state index >= 15 is 0 Å². The first-order valence-corrected chi connectivity index (χ1v) is 14.6. The minimum Gasteiger partial charge on any atom is -0.489 e. The molecule has 0 saturated heterocycles. The topological polar surface area (TPSA) is 69.9 Å². The highest BCUT2D eigenvalue weighted by atomic mass is 32.1. The molecule has 1 aromatic heterocycles. The molecule has 1 aliphatic rings. The smallest absolute Gasteiger partial charge is 0.338 e. The van der Waals surface area contributed by atoms with Crippen molar-refractivity contribution in [2.24, 2.45) is 4.99 Å². The first-order chi connectivity index (χ1) is 21.0. The Kier molecular flexibility index (Phi) is 8.11. The van der Waals surface area contributed by atoms with Crippen LogP contribution in [0.5, 0.6) is 5.75 Å². The van der Waals surface area contributed by atoms with Crippen LogP contribution in [0.25, 0.3) is 11.8 Å². The van der Waals surface area contributed by atoms with E-state index in [1.807, 2.05) is 84.9 Å². The largest absolute Gasteiger partial charge is 0.489 e. The number of rotatable bonds is 8. The van der Waals surface area contributed by atoms with Gasteiger partial charge in [-0.1, -0.05) is 96.3 Å². The quantitative estimate of drug-likeness (QED) is 0.219. The van der Waals surface area contributed by atoms with E-state index in [0.29, 0.717) is 26.4 Å². The van der Waals surface area contributed by atoms with Crippen LogP contribution in [0.1, 0.15) is 35.2 Å². The van der Waals surface area contributed by atoms with Crippen molar-refractivity contribution in [1.82, 2.24) is 4.57 Å². The third-order valence-corrected chi connectivity index (χ3v) is 7.95. The number of aromatic nitrogens is 1. The predicted molar refractivity (Wildman–Crippen MR) is 165 cm³/mol. The number of esters is 1. The fourth-order valence-corrected chi connectivity index (χ4v) is 5.98. The molecular weight excluding hydrogens is 563 g/mol. The molecule has 8 heteroatoms. The molecule has 6 rings (SSSR count). The number of hydrogen-bond acceptors (Lipinski definition) is 6. The Morgan fingerprint density at radius 2 is 1.67 bits per heavy atom. The predicted octanol–water partition coefficient (Wildman–Crippen LogP) is 5.65. The van der Waals surface area contributed by atoms with Crippen molar-refractivity contribution in [3.05, 3.63) is 163 Å². The summed E-state index contributed by atoms with van der Waals surface area (Å²) in [5.74, 6) is -0.199. The first-order valence-electron chi connectivity index (χ1n) is 13.8. The molecule has 4 aromatic carbocycles. The number of fused-ring (bicyclic) bond motifs is 1. The Balaban J connectivity index is 1.46. The maximum Gasteiger partial charge on any atom is 0.338 e. The normalized spacial score (nSPS) is 14.7. The average molecular weight is 591 g/mol. The molecule has 0 bridgehead atoms. The summed E-state index contributed by atoms with van der Waals surface area (Å²) in [5.41, 5.74) is 3.68. The monoisotopic (exact) mass is 590 g/mol. The molecule has 1 aliphatic heterocycles. The zero-order chi connectivity index (χ0) is 29.8. The number of carbonyl (C=O) groups is 1. The summed E-state index contributed by atoms with van der Waals surface area (Å²) in [6.45, 7) is 2.22. The van der Waals surface area contributed by atoms with Crippen molar-refractivity contribution in [1.29, 1.82) is 0 Å². The van der Waals surface area contributed by atoms with E-state index in [0.717, 1.165) is 22.3 Å². The van der Waals surface area contributed by atoms with Crippen molar-refractivity contribution in [2.45, 2.75) is 19.6 Å². The Morgan fingerprint density at radius 1 is 0.953 bits per heavy atom. The third kappa shape index (κ3) is 5.96. The summed E-state index contributed by atoms with van der Waals surface area (Å²) in [4.78, 5) is 32.9. The lowest BCUT2D eigenvalue weighted by Crippen LogP contribution is -2.39. The number of carbonyl (C=O) groups excluding carboxylic acids is 1. The van der Waals surface area contributed by atoms with Gasteiger partial charge in [-0.25, -0.2) is 14.2 Å². The molecule has 6 nitrogen and oxygen atoms in total. The van der Waals surface area contributed by atoms with E-state index in [-0.39, 0.29) is 24.6 Å². The SMILES string of the molecule is CCOC(=O)C1=C(c2ccccc2)N=c2s/c(=C\c3cccc(OCc4ccc(F)cc4)c3)c(=O)n2[C@@H]1c1ccccc1. The number of thiazole rings is 1. The molecule has 0 unspecified atom stereocenters. The Labute approximate surface area is 251 Å². The molecule has 1 atom stereocenters. The van der Waals surface area contributed by atoms with Crippen molar-refractivity contribution in [3.8, 4) is 5.75 Å². The second-order valence-electron chi connectivity index (χ2n) is 9.83. The van der Waals surface area contributed by atoms with Gasteiger partial charge in [0, 0.05) is 5.56 Å². The molecule has 0 saturated carbocycles. The van der Waals surface area contributed by atoms with Crippen LogP contribution >= 0.6 is 11.3 Å². The van der Waals surface area contributed by atoms with E-state index in [2.05, 4.69) is 0 Å². The van der Waals surface area contributed by atoms with Gasteiger partial charge >= 0.3 is 5.97 Å². The molecule has 0 N–H and O–H groups in total. The molecule has 0 aliphatic carbocycles. The van der Waals surface area contributed by atoms with Gasteiger partial charge in [0.05, 0.1) is 28.5 Å². The molecule has 0 spiro atoms. The standard InChI is InChI=1S/C35H27FN2O4S/c1-2-41-34(40)30-31(25-11-5-3-6-12-25)37-35-38(32(30)26-13-7-4-8-14-26)33(39)29(43-35)21-24-10-9-15-28(20-24)42-22-23-16-18-27(36)19-17-23/h3-21,32H,2,22H2,1H3/b29-21-/t32-/m1/s1. The molecular formula is C35H27FN2O4S. The molecule has 214 valence electrons. The molecule has 0 amide bonds. The number of nitrogens with zero attached hydrogens (tertiary/aromatic N) is 2. The van der Waals surface area contributed by atoms with E-state index in [9.17, 15) is 14.0 Å². The first kappa shape index (κ1) is 28.1. The lowest BCUT2D eigenvalue weighted by atomic mass is 9.93. The van der Waals surface area contributed by atoms with E-state index in [4.69, 9.17) is 14.5 Å². The van der Waals surface area contributed by atoms with E-state index in [1.165, 1.54) is 23.5 Å². The summed E-state index contributed by atoms with van der Waals surface area (Å²) in [5, 5.41) is 0. The van der Waals surface area contributed by atoms with Gasteiger partial charge in [0.25, 0.3) is 5.56 Å². The maximum atomic E-state index is 14.0. The summed E-state index contributed by atoms with van der Waals surface area (Å²) in [7, 11) is 0. The number of benzene rings is 4. The van der Waals surface area contributed by atoms with Crippen LogP contribution in [0.3, 0.4) is 0 Å². The molecule has 5 aromatic rings. The third-order valence-electron chi connectivity index (χ3n) is 6.96. The summed E-state index contributed by atoms with van der Waals surface area (Å²) >= 11 is 1.26. The lowest BCUT2D eigenvalue weighted by Gasteiger charge is -2.25. The fraction of sp³-hybridized carbons (Fsp3) is 0.114. The number of halogens is 1. The highest BCUT2D eigenvalue weighted by molar-refractivity contribution is 7.07. The van der Waals surface area contributed by atoms with Crippen LogP contribution in [-0.2, 0) is 16.1 Å². The lowest BCUT2D eigenvalue weighted by molar-refractivity contribution is -0.138. The summed E-state index contributed by atoms with van der Waals surface area (Å²) in [6, 6.07) is 31.8. The van der Waals surface area contributed by atoms with E-state index < -0.39 is 12.0 Å². The van der Waals surface area contributed by atoms with Crippen LogP contribution in [0, 0.1) is 5.82 Å². The summed E-state index contributed by atoms with van der Waals surface area (Å²) in [6.07, 6.45) is 1.80. The van der Waals surface area contributed by atoms with Crippen LogP contribution in [0.2, 0.25) is 0 Å². The Bertz CT molecular complexity index is 1980. The van der Waals surface area contributed by atoms with Crippen molar-refractivity contribution in [2.75, 3.05) is 6.61 Å². The van der Waals surface area contributed by atoms with Crippen molar-refractivity contribution in [3.63, 3.8) is 0 Å². The van der Waals surface area contributed by atoms with Gasteiger partial charge in [0.1, 0.15) is 18.2 Å². The Hall–Kier alpha value is -5.08. The van der Waals surface area contributed by atoms with Crippen molar-refractivity contribution >= 4 is 29.1 Å². The maximum absolute atomic E-state index is 14.0. The zero-order valence-electron chi connectivity index (χ0n) is 23.3. The van der Waals surface area contributed by atoms with Gasteiger partial charge in [-0.2, -0.15) is 0 Å². The zero-order valence-corrected chi connectivity index (χ0v) is 24.1. The van der Waals surface area contributed by atoms with Crippen molar-refractivity contribution < 1.29 is 18.7 Å². The second-order valence-corrected chi connectivity index (χ2v) is 10.8. The van der Waals surface area contributed by atoms with Gasteiger partial charge in [-0.05, 0) is 54.0 Å². The fourth-order valence-electron chi connectivity index (χ4n) is 4.98. The van der Waals surface area contributed by atoms with Crippen LogP contribution in [-0.4, -0.2) is 17.1 Å². The number of hydrogen-bond donors (Lipinski definition) is 0. The van der Waals surface area contributed by atoms with Gasteiger partial charge in [0.15, 0.2) is 4.80 Å². The van der Waals surface area contributed by atoms with Crippen LogP contribution < -0.4 is 19.6 Å². The highest BCUT2D eigenvalue weighted by Crippen LogP contribution is 2.35. The Morgan fingerprint density at radius 3 is 2.40 bits per heavy atom. The van der Waals surface area contributed by atoms with Crippen LogP contribution in [0.4, 0.5) is 4.39 Å². The average Bonchev–Trinajstić information content (AvgIpc) is 3.35. The highest BCUT2D eigenvalue weighted by Gasteiger charge is 2.35. The molecule has 43 heavy (non-hydrogen) atoms. The van der Waals surface area contributed by atoms with E-state index in [1.54, 1.807) is 29.7 Å². The summed E-state index contributed by atoms with van der Waals surface area (Å²) < 4.78 is 26.7. The molecule has 0 radical (unpaired) electrons. The number of ether oxygens (including phenoxy) is 2. The molecule has 0 fully saturated rings. The molecule has 2 heterocycles. The van der Waals surface area contributed by atoms with Gasteiger partial charge in [-0.3, -0.25) is 9.36 Å². The van der Waals surface area contributed by atoms with Crippen LogP contribution in [0.15, 0.2) is 125 Å². The van der Waals surface area contributed by atoms with Gasteiger partial charge in [0.2, 0.25) is 0 Å². The van der Waals surface area contributed by atoms with Gasteiger partial charge in [-0.15, -0.1) is 0 Å². The minimum absolute atomic E-state index is 0.190. The second kappa shape index (κ2) is 12.4. The van der Waals surface area contributed by atoms with Gasteiger partial charge < -0.3 is 9.47 Å². The minimum atomic E-state index is -0.723.